The predicted molar refractivity (Wildman–Crippen MR) is 88.3 cm³/mol. The molecular weight excluding hydrogens is 335 g/mol. The lowest BCUT2D eigenvalue weighted by Crippen LogP contribution is -2.43. The normalized spacial score (nSPS) is 15.7. The average Bonchev–Trinajstić information content (AvgIpc) is 2.45. The summed E-state index contributed by atoms with van der Waals surface area (Å²) in [6.07, 6.45) is -3.92. The van der Waals surface area contributed by atoms with Gasteiger partial charge in [-0.15, -0.1) is 0 Å². The largest absolute Gasteiger partial charge is 0.493 e. The number of carbonyl (C=O) groups is 1. The molecule has 1 aromatic carbocycles. The fourth-order valence-corrected chi connectivity index (χ4v) is 2.29. The first-order chi connectivity index (χ1) is 11.5. The number of alkyl halides is 3. The summed E-state index contributed by atoms with van der Waals surface area (Å²) in [5.74, 6) is -0.251. The van der Waals surface area contributed by atoms with Crippen LogP contribution in [0.1, 0.15) is 38.3 Å². The summed E-state index contributed by atoms with van der Waals surface area (Å²) in [4.78, 5) is 12.8. The highest BCUT2D eigenvalue weighted by Gasteiger charge is 2.35. The summed E-state index contributed by atoms with van der Waals surface area (Å²) in [7, 11) is 1.60. The standard InChI is InChI=1S/C17H22F3N3O2/c1-16(2,3)7-8-25-13-6-5-11(9-12(13)17(18,19)20)15-22-21-14(24)10-23(15)4/h5-6,9H,7-8,10H2,1-4H3,(H,21,24). The smallest absolute Gasteiger partial charge is 0.419 e. The lowest BCUT2D eigenvalue weighted by atomic mass is 9.93. The molecule has 1 heterocycles. The average molecular weight is 357 g/mol. The van der Waals surface area contributed by atoms with Gasteiger partial charge in [0.15, 0.2) is 5.84 Å². The zero-order valence-corrected chi connectivity index (χ0v) is 14.7. The van der Waals surface area contributed by atoms with Gasteiger partial charge in [0, 0.05) is 12.6 Å². The molecule has 138 valence electrons. The molecule has 0 spiro atoms. The van der Waals surface area contributed by atoms with E-state index in [1.165, 1.54) is 17.0 Å². The molecule has 1 amide bonds. The van der Waals surface area contributed by atoms with Gasteiger partial charge in [-0.25, -0.2) is 5.43 Å². The Morgan fingerprint density at radius 3 is 2.52 bits per heavy atom. The van der Waals surface area contributed by atoms with Crippen molar-refractivity contribution in [3.05, 3.63) is 29.3 Å². The van der Waals surface area contributed by atoms with E-state index in [0.29, 0.717) is 6.42 Å². The van der Waals surface area contributed by atoms with Gasteiger partial charge in [0.25, 0.3) is 5.91 Å². The van der Waals surface area contributed by atoms with Gasteiger partial charge in [-0.3, -0.25) is 4.79 Å². The van der Waals surface area contributed by atoms with Crippen molar-refractivity contribution in [2.24, 2.45) is 10.5 Å². The molecule has 8 heteroatoms. The lowest BCUT2D eigenvalue weighted by molar-refractivity contribution is -0.139. The van der Waals surface area contributed by atoms with Gasteiger partial charge in [-0.1, -0.05) is 20.8 Å². The van der Waals surface area contributed by atoms with E-state index < -0.39 is 11.7 Å². The molecular formula is C17H22F3N3O2. The highest BCUT2D eigenvalue weighted by molar-refractivity contribution is 6.02. The highest BCUT2D eigenvalue weighted by atomic mass is 19.4. The number of amidine groups is 1. The minimum absolute atomic E-state index is 0.0317. The van der Waals surface area contributed by atoms with Crippen molar-refractivity contribution in [2.75, 3.05) is 20.2 Å². The first kappa shape index (κ1) is 19.1. The Balaban J connectivity index is 2.30. The number of benzene rings is 1. The van der Waals surface area contributed by atoms with Crippen LogP contribution in [0.2, 0.25) is 0 Å². The molecule has 0 radical (unpaired) electrons. The van der Waals surface area contributed by atoms with Gasteiger partial charge in [0.2, 0.25) is 0 Å². The van der Waals surface area contributed by atoms with Gasteiger partial charge >= 0.3 is 6.18 Å². The molecule has 0 saturated heterocycles. The second-order valence-electron chi connectivity index (χ2n) is 7.19. The van der Waals surface area contributed by atoms with Gasteiger partial charge in [-0.05, 0) is 30.0 Å². The topological polar surface area (TPSA) is 53.9 Å². The van der Waals surface area contributed by atoms with Crippen molar-refractivity contribution < 1.29 is 22.7 Å². The second-order valence-corrected chi connectivity index (χ2v) is 7.19. The number of rotatable bonds is 4. The third-order valence-corrected chi connectivity index (χ3v) is 3.68. The van der Waals surface area contributed by atoms with Crippen molar-refractivity contribution in [1.82, 2.24) is 10.3 Å². The van der Waals surface area contributed by atoms with E-state index in [9.17, 15) is 18.0 Å². The van der Waals surface area contributed by atoms with E-state index in [1.54, 1.807) is 7.05 Å². The summed E-state index contributed by atoms with van der Waals surface area (Å²) in [6, 6.07) is 3.81. The molecule has 1 aromatic rings. The molecule has 1 aliphatic rings. The summed E-state index contributed by atoms with van der Waals surface area (Å²) in [5, 5.41) is 3.84. The fourth-order valence-electron chi connectivity index (χ4n) is 2.29. The van der Waals surface area contributed by atoms with Crippen molar-refractivity contribution in [1.29, 1.82) is 0 Å². The van der Waals surface area contributed by atoms with Crippen LogP contribution in [0.5, 0.6) is 5.75 Å². The van der Waals surface area contributed by atoms with Crippen molar-refractivity contribution in [2.45, 2.75) is 33.4 Å². The molecule has 0 unspecified atom stereocenters. The first-order valence-corrected chi connectivity index (χ1v) is 7.89. The van der Waals surface area contributed by atoms with Crippen LogP contribution < -0.4 is 10.2 Å². The number of hydrogen-bond acceptors (Lipinski definition) is 4. The maximum atomic E-state index is 13.4. The van der Waals surface area contributed by atoms with E-state index in [1.807, 2.05) is 20.8 Å². The molecule has 0 saturated carbocycles. The Kier molecular flexibility index (Phi) is 5.29. The second kappa shape index (κ2) is 6.93. The molecule has 0 bridgehead atoms. The van der Waals surface area contributed by atoms with E-state index in [0.717, 1.165) is 6.07 Å². The Bertz CT molecular complexity index is 679. The van der Waals surface area contributed by atoms with E-state index in [-0.39, 0.29) is 41.6 Å². The Morgan fingerprint density at radius 1 is 1.28 bits per heavy atom. The summed E-state index contributed by atoms with van der Waals surface area (Å²) in [5.41, 5.74) is 1.66. The fraction of sp³-hybridized carbons (Fsp3) is 0.529. The van der Waals surface area contributed by atoms with E-state index >= 15 is 0 Å². The van der Waals surface area contributed by atoms with Crippen LogP contribution in [0.4, 0.5) is 13.2 Å². The quantitative estimate of drug-likeness (QED) is 0.900. The molecule has 5 nitrogen and oxygen atoms in total. The number of carbonyl (C=O) groups excluding carboxylic acids is 1. The third-order valence-electron chi connectivity index (χ3n) is 3.68. The number of hydrogen-bond donors (Lipinski definition) is 1. The zero-order chi connectivity index (χ0) is 18.8. The van der Waals surface area contributed by atoms with Gasteiger partial charge in [0.05, 0.1) is 18.7 Å². The van der Waals surface area contributed by atoms with Crippen LogP contribution in [0.3, 0.4) is 0 Å². The van der Waals surface area contributed by atoms with Crippen LogP contribution in [0.15, 0.2) is 23.3 Å². The van der Waals surface area contributed by atoms with Crippen LogP contribution in [-0.4, -0.2) is 36.8 Å². The van der Waals surface area contributed by atoms with Crippen molar-refractivity contribution >= 4 is 11.7 Å². The molecule has 2 rings (SSSR count). The molecule has 25 heavy (non-hydrogen) atoms. The third kappa shape index (κ3) is 5.11. The first-order valence-electron chi connectivity index (χ1n) is 7.89. The van der Waals surface area contributed by atoms with Gasteiger partial charge in [-0.2, -0.15) is 18.3 Å². The lowest BCUT2D eigenvalue weighted by Gasteiger charge is -2.25. The molecule has 0 atom stereocenters. The number of ether oxygens (including phenoxy) is 1. The number of nitrogens with one attached hydrogen (secondary N) is 1. The van der Waals surface area contributed by atoms with Crippen molar-refractivity contribution in [3.8, 4) is 5.75 Å². The van der Waals surface area contributed by atoms with Crippen LogP contribution in [0.25, 0.3) is 0 Å². The number of halogens is 3. The van der Waals surface area contributed by atoms with E-state index in [2.05, 4.69) is 10.5 Å². The zero-order valence-electron chi connectivity index (χ0n) is 14.7. The number of amides is 1. The van der Waals surface area contributed by atoms with Crippen molar-refractivity contribution in [3.63, 3.8) is 0 Å². The summed E-state index contributed by atoms with van der Waals surface area (Å²) >= 11 is 0. The number of hydrazone groups is 1. The Labute approximate surface area is 144 Å². The predicted octanol–water partition coefficient (Wildman–Crippen LogP) is 3.24. The van der Waals surface area contributed by atoms with Gasteiger partial charge < -0.3 is 9.64 Å². The summed E-state index contributed by atoms with van der Waals surface area (Å²) in [6.45, 7) is 6.22. The summed E-state index contributed by atoms with van der Waals surface area (Å²) < 4.78 is 45.6. The highest BCUT2D eigenvalue weighted by Crippen LogP contribution is 2.37. The van der Waals surface area contributed by atoms with E-state index in [4.69, 9.17) is 4.74 Å². The molecule has 0 aliphatic carbocycles. The van der Waals surface area contributed by atoms with Crippen LogP contribution in [-0.2, 0) is 11.0 Å². The Hall–Kier alpha value is -2.25. The minimum Gasteiger partial charge on any atom is -0.493 e. The van der Waals surface area contributed by atoms with Gasteiger partial charge in [0.1, 0.15) is 5.75 Å². The minimum atomic E-state index is -4.55. The molecule has 1 aliphatic heterocycles. The van der Waals surface area contributed by atoms with Crippen LogP contribution >= 0.6 is 0 Å². The molecule has 0 aromatic heterocycles. The number of likely N-dealkylation sites (N-methyl/N-ethyl adjacent to an activating group) is 1. The Morgan fingerprint density at radius 2 is 1.96 bits per heavy atom. The number of nitrogens with zero attached hydrogens (tertiary/aromatic N) is 2. The maximum absolute atomic E-state index is 13.4. The SMILES string of the molecule is CN1CC(=O)NN=C1c1ccc(OCCC(C)(C)C)c(C(F)(F)F)c1. The molecule has 0 fully saturated rings. The maximum Gasteiger partial charge on any atom is 0.419 e. The monoisotopic (exact) mass is 357 g/mol. The van der Waals surface area contributed by atoms with Crippen LogP contribution in [0, 0.1) is 5.41 Å². The molecule has 1 N–H and O–H groups in total.